The third-order valence-electron chi connectivity index (χ3n) is 12.0. The first-order chi connectivity index (χ1) is 25.3. The summed E-state index contributed by atoms with van der Waals surface area (Å²) >= 11 is 0. The number of imide groups is 2. The Labute approximate surface area is 302 Å². The highest BCUT2D eigenvalue weighted by Gasteiger charge is 2.70. The fraction of sp³-hybridized carbons (Fsp3) is 0.244. The lowest BCUT2D eigenvalue weighted by molar-refractivity contribution is -0.148. The van der Waals surface area contributed by atoms with Crippen LogP contribution in [-0.4, -0.2) is 30.7 Å². The Morgan fingerprint density at radius 3 is 1.17 bits per heavy atom. The fourth-order valence-electron chi connectivity index (χ4n) is 9.43. The van der Waals surface area contributed by atoms with Gasteiger partial charge in [-0.3, -0.25) is 29.0 Å². The first kappa shape index (κ1) is 32.1. The molecule has 2 heterocycles. The number of methoxy groups -OCH3 is 1. The number of hydrogen-bond donors (Lipinski definition) is 0. The third kappa shape index (κ3) is 5.09. The molecule has 52 heavy (non-hydrogen) atoms. The van der Waals surface area contributed by atoms with Crippen LogP contribution < -0.4 is 14.5 Å². The van der Waals surface area contributed by atoms with E-state index in [9.17, 15) is 19.2 Å². The molecule has 6 unspecified atom stereocenters. The summed E-state index contributed by atoms with van der Waals surface area (Å²) in [5, 5.41) is 0. The van der Waals surface area contributed by atoms with Crippen molar-refractivity contribution < 1.29 is 23.9 Å². The van der Waals surface area contributed by atoms with E-state index in [4.69, 9.17) is 4.74 Å². The van der Waals surface area contributed by atoms with Crippen LogP contribution in [-0.2, 0) is 25.6 Å². The van der Waals surface area contributed by atoms with Gasteiger partial charge in [-0.2, -0.15) is 0 Å². The number of aryl methyl sites for hydroxylation is 1. The van der Waals surface area contributed by atoms with Gasteiger partial charge < -0.3 is 4.74 Å². The maximum Gasteiger partial charge on any atom is 0.237 e. The zero-order valence-corrected chi connectivity index (χ0v) is 29.1. The molecule has 0 radical (unpaired) electrons. The second kappa shape index (κ2) is 12.4. The SMILES string of the molecule is COc1ccc(N2C(=O)C3C4CCC(C3C2=O)C2C(=O)N(c3ccc(-c5ccc(Cc6ccc(-c7ccc(C)cc7)cc6)cc5)cc3)C(=O)C42)cc1. The van der Waals surface area contributed by atoms with E-state index >= 15 is 0 Å². The third-order valence-corrected chi connectivity index (χ3v) is 12.0. The van der Waals surface area contributed by atoms with Gasteiger partial charge in [-0.25, -0.2) is 0 Å². The van der Waals surface area contributed by atoms with E-state index in [1.165, 1.54) is 37.6 Å². The number of carbonyl (C=O) groups is 4. The van der Waals surface area contributed by atoms with Gasteiger partial charge in [0, 0.05) is 0 Å². The van der Waals surface area contributed by atoms with Crippen LogP contribution in [0.1, 0.15) is 29.5 Å². The van der Waals surface area contributed by atoms with Crippen molar-refractivity contribution in [2.24, 2.45) is 35.5 Å². The van der Waals surface area contributed by atoms with Gasteiger partial charge in [0.15, 0.2) is 0 Å². The predicted octanol–water partition coefficient (Wildman–Crippen LogP) is 7.88. The average molecular weight is 687 g/mol. The Bertz CT molecular complexity index is 2160. The Morgan fingerprint density at radius 2 is 0.808 bits per heavy atom. The lowest BCUT2D eigenvalue weighted by atomic mass is 9.51. The van der Waals surface area contributed by atoms with Crippen molar-refractivity contribution in [1.82, 2.24) is 0 Å². The summed E-state index contributed by atoms with van der Waals surface area (Å²) in [5.74, 6) is -3.46. The van der Waals surface area contributed by atoms with E-state index in [0.717, 1.165) is 17.5 Å². The number of hydrogen-bond acceptors (Lipinski definition) is 5. The zero-order chi connectivity index (χ0) is 35.7. The maximum atomic E-state index is 14.1. The van der Waals surface area contributed by atoms with E-state index in [-0.39, 0.29) is 35.5 Å². The summed E-state index contributed by atoms with van der Waals surface area (Å²) in [5.41, 5.74) is 9.17. The monoisotopic (exact) mass is 686 g/mol. The molecule has 0 aromatic heterocycles. The van der Waals surface area contributed by atoms with E-state index in [1.54, 1.807) is 31.4 Å². The van der Waals surface area contributed by atoms with Crippen LogP contribution >= 0.6 is 0 Å². The summed E-state index contributed by atoms with van der Waals surface area (Å²) < 4.78 is 5.24. The summed E-state index contributed by atoms with van der Waals surface area (Å²) in [6, 6.07) is 40.2. The topological polar surface area (TPSA) is 84.0 Å². The van der Waals surface area contributed by atoms with Gasteiger partial charge in [0.25, 0.3) is 0 Å². The molecule has 6 atom stereocenters. The minimum atomic E-state index is -0.592. The standard InChI is InChI=1S/C45H38N2O5/c1-26-3-9-29(10-4-26)30-11-5-27(6-12-30)25-28-7-13-31(14-8-28)32-15-17-33(18-16-32)46-42(48)38-36-23-24-37(39(38)43(46)49)41-40(36)44(50)47(45(41)51)34-19-21-35(52-2)22-20-34/h3-22,36-41H,23-25H2,1-2H3. The number of anilines is 2. The van der Waals surface area contributed by atoms with Crippen LogP contribution in [0.4, 0.5) is 11.4 Å². The first-order valence-electron chi connectivity index (χ1n) is 18.1. The lowest BCUT2D eigenvalue weighted by Crippen LogP contribution is -2.53. The smallest absolute Gasteiger partial charge is 0.237 e. The largest absolute Gasteiger partial charge is 0.497 e. The molecule has 5 fully saturated rings. The summed E-state index contributed by atoms with van der Waals surface area (Å²) in [7, 11) is 1.56. The molecule has 258 valence electrons. The molecule has 3 aliphatic carbocycles. The molecule has 4 amide bonds. The van der Waals surface area contributed by atoms with E-state index in [2.05, 4.69) is 79.7 Å². The van der Waals surface area contributed by atoms with Crippen molar-refractivity contribution in [3.63, 3.8) is 0 Å². The van der Waals surface area contributed by atoms with Gasteiger partial charge in [-0.1, -0.05) is 90.5 Å². The maximum absolute atomic E-state index is 14.1. The van der Waals surface area contributed by atoms with Gasteiger partial charge in [0.1, 0.15) is 5.75 Å². The number of nitrogens with zero attached hydrogens (tertiary/aromatic N) is 2. The van der Waals surface area contributed by atoms with E-state index < -0.39 is 23.7 Å². The fourth-order valence-corrected chi connectivity index (χ4v) is 9.43. The summed E-state index contributed by atoms with van der Waals surface area (Å²) in [6.45, 7) is 2.10. The van der Waals surface area contributed by atoms with Gasteiger partial charge in [0.2, 0.25) is 23.6 Å². The highest BCUT2D eigenvalue weighted by molar-refractivity contribution is 6.26. The number of rotatable bonds is 7. The minimum Gasteiger partial charge on any atom is -0.497 e. The van der Waals surface area contributed by atoms with Gasteiger partial charge in [0.05, 0.1) is 42.2 Å². The highest BCUT2D eigenvalue weighted by atomic mass is 16.5. The minimum absolute atomic E-state index is 0.254. The van der Waals surface area contributed by atoms with Crippen LogP contribution in [0.15, 0.2) is 121 Å². The molecule has 3 saturated carbocycles. The number of carbonyl (C=O) groups excluding carboxylic acids is 4. The van der Waals surface area contributed by atoms with Crippen LogP contribution in [0.25, 0.3) is 22.3 Å². The first-order valence-corrected chi connectivity index (χ1v) is 18.1. The van der Waals surface area contributed by atoms with E-state index in [0.29, 0.717) is 30.0 Å². The molecule has 10 rings (SSSR count). The average Bonchev–Trinajstić information content (AvgIpc) is 3.62. The number of fused-ring (bicyclic) bond motifs is 1. The van der Waals surface area contributed by atoms with Gasteiger partial charge in [-0.05, 0) is 108 Å². The van der Waals surface area contributed by atoms with Crippen LogP contribution in [0.3, 0.4) is 0 Å². The molecule has 2 saturated heterocycles. The molecule has 7 heteroatoms. The lowest BCUT2D eigenvalue weighted by Gasteiger charge is -2.48. The highest BCUT2D eigenvalue weighted by Crippen LogP contribution is 2.61. The Kier molecular flexibility index (Phi) is 7.69. The van der Waals surface area contributed by atoms with Gasteiger partial charge >= 0.3 is 0 Å². The van der Waals surface area contributed by atoms with Crippen molar-refractivity contribution in [1.29, 1.82) is 0 Å². The molecule has 2 bridgehead atoms. The molecule has 0 N–H and O–H groups in total. The number of ether oxygens (including phenoxy) is 1. The molecule has 2 aliphatic heterocycles. The predicted molar refractivity (Wildman–Crippen MR) is 199 cm³/mol. The van der Waals surface area contributed by atoms with Crippen molar-refractivity contribution >= 4 is 35.0 Å². The second-order valence-electron chi connectivity index (χ2n) is 14.7. The molecule has 0 spiro atoms. The quantitative estimate of drug-likeness (QED) is 0.163. The van der Waals surface area contributed by atoms with Crippen molar-refractivity contribution in [3.05, 3.63) is 138 Å². The number of amides is 4. The number of benzene rings is 5. The van der Waals surface area contributed by atoms with Crippen LogP contribution in [0.5, 0.6) is 5.75 Å². The normalized spacial score (nSPS) is 24.7. The van der Waals surface area contributed by atoms with Crippen molar-refractivity contribution in [2.45, 2.75) is 26.2 Å². The second-order valence-corrected chi connectivity index (χ2v) is 14.7. The van der Waals surface area contributed by atoms with Crippen LogP contribution in [0.2, 0.25) is 0 Å². The molecular formula is C45H38N2O5. The Morgan fingerprint density at radius 1 is 0.481 bits per heavy atom. The Balaban J connectivity index is 0.895. The van der Waals surface area contributed by atoms with Crippen molar-refractivity contribution in [2.75, 3.05) is 16.9 Å². The molecule has 7 nitrogen and oxygen atoms in total. The Hall–Kier alpha value is -5.82. The van der Waals surface area contributed by atoms with Gasteiger partial charge in [-0.15, -0.1) is 0 Å². The molecule has 5 aromatic carbocycles. The molecule has 5 aliphatic rings. The molecular weight excluding hydrogens is 649 g/mol. The summed E-state index contributed by atoms with van der Waals surface area (Å²) in [6.07, 6.45) is 2.14. The van der Waals surface area contributed by atoms with E-state index in [1.807, 2.05) is 24.3 Å². The summed E-state index contributed by atoms with van der Waals surface area (Å²) in [4.78, 5) is 58.4. The van der Waals surface area contributed by atoms with Crippen molar-refractivity contribution in [3.8, 4) is 28.0 Å². The zero-order valence-electron chi connectivity index (χ0n) is 29.1. The van der Waals surface area contributed by atoms with Crippen LogP contribution in [0, 0.1) is 42.4 Å². The molecule has 5 aromatic rings.